The van der Waals surface area contributed by atoms with Crippen LogP contribution in [0.25, 0.3) is 0 Å². The normalized spacial score (nSPS) is 13.9. The van der Waals surface area contributed by atoms with E-state index < -0.39 is 34.5 Å². The van der Waals surface area contributed by atoms with Crippen molar-refractivity contribution in [2.45, 2.75) is 57.5 Å². The van der Waals surface area contributed by atoms with Crippen LogP contribution in [0.2, 0.25) is 0 Å². The number of amides is 1. The number of sulfonamides is 1. The van der Waals surface area contributed by atoms with Gasteiger partial charge in [-0.3, -0.25) is 14.3 Å². The molecule has 0 saturated carbocycles. The standard InChI is InChI=1S/C25H31N7O5S/c1-15-11-16(2)21(17(3)12-15)38(36,37)31-20(25(34)35)13-27-24(33)23-28-14-32(30-23)10-8-19-7-6-18-5-4-9-26-22(18)29-19/h6-7,11-12,14,20,31H,4-5,8-10,13H2,1-3H3,(H,26,29)(H,27,33)(H,34,35). The second-order valence-electron chi connectivity index (χ2n) is 9.37. The van der Waals surface area contributed by atoms with Gasteiger partial charge < -0.3 is 15.7 Å². The molecule has 1 atom stereocenters. The van der Waals surface area contributed by atoms with Gasteiger partial charge in [0.25, 0.3) is 5.91 Å². The van der Waals surface area contributed by atoms with E-state index in [0.717, 1.165) is 36.5 Å². The van der Waals surface area contributed by atoms with Crippen molar-refractivity contribution in [2.75, 3.05) is 18.4 Å². The van der Waals surface area contributed by atoms with E-state index in [4.69, 9.17) is 0 Å². The van der Waals surface area contributed by atoms with E-state index >= 15 is 0 Å². The molecular weight excluding hydrogens is 510 g/mol. The summed E-state index contributed by atoms with van der Waals surface area (Å²) in [5.74, 6) is -1.39. The zero-order valence-electron chi connectivity index (χ0n) is 21.5. The lowest BCUT2D eigenvalue weighted by Gasteiger charge is -2.18. The van der Waals surface area contributed by atoms with Crippen LogP contribution in [0.15, 0.2) is 35.5 Å². The van der Waals surface area contributed by atoms with Crippen LogP contribution >= 0.6 is 0 Å². The van der Waals surface area contributed by atoms with Crippen molar-refractivity contribution >= 4 is 27.7 Å². The van der Waals surface area contributed by atoms with Crippen molar-refractivity contribution in [1.82, 2.24) is 29.8 Å². The Kier molecular flexibility index (Phi) is 8.07. The maximum Gasteiger partial charge on any atom is 0.323 e. The predicted octanol–water partition coefficient (Wildman–Crippen LogP) is 1.36. The molecule has 0 radical (unpaired) electrons. The number of carbonyl (C=O) groups is 2. The van der Waals surface area contributed by atoms with Crippen molar-refractivity contribution in [1.29, 1.82) is 0 Å². The second-order valence-corrected chi connectivity index (χ2v) is 11.0. The molecule has 0 spiro atoms. The van der Waals surface area contributed by atoms with Crippen molar-refractivity contribution < 1.29 is 23.1 Å². The third kappa shape index (κ3) is 6.34. The maximum absolute atomic E-state index is 13.0. The highest BCUT2D eigenvalue weighted by atomic mass is 32.2. The monoisotopic (exact) mass is 541 g/mol. The lowest BCUT2D eigenvalue weighted by Crippen LogP contribution is -2.48. The molecule has 1 aliphatic heterocycles. The SMILES string of the molecule is Cc1cc(C)c(S(=O)(=O)NC(CNC(=O)c2ncn(CCc3ccc4c(n3)NCCC4)n2)C(=O)O)c(C)c1. The number of anilines is 1. The summed E-state index contributed by atoms with van der Waals surface area (Å²) in [7, 11) is -4.16. The van der Waals surface area contributed by atoms with Crippen LogP contribution in [0.5, 0.6) is 0 Å². The summed E-state index contributed by atoms with van der Waals surface area (Å²) in [6.07, 6.45) is 4.08. The Morgan fingerprint density at radius 1 is 1.18 bits per heavy atom. The fourth-order valence-corrected chi connectivity index (χ4v) is 6.18. The van der Waals surface area contributed by atoms with Gasteiger partial charge >= 0.3 is 5.97 Å². The first kappa shape index (κ1) is 27.2. The first-order valence-electron chi connectivity index (χ1n) is 12.3. The molecule has 202 valence electrons. The number of nitrogens with zero attached hydrogens (tertiary/aromatic N) is 4. The van der Waals surface area contributed by atoms with Crippen molar-refractivity contribution in [3.8, 4) is 0 Å². The largest absolute Gasteiger partial charge is 0.480 e. The summed E-state index contributed by atoms with van der Waals surface area (Å²) >= 11 is 0. The van der Waals surface area contributed by atoms with Crippen molar-refractivity contribution in [3.05, 3.63) is 64.4 Å². The topological polar surface area (TPSA) is 168 Å². The summed E-state index contributed by atoms with van der Waals surface area (Å²) in [5.41, 5.74) is 3.98. The Bertz CT molecular complexity index is 1450. The van der Waals surface area contributed by atoms with Crippen LogP contribution in [-0.2, 0) is 34.2 Å². The molecule has 1 amide bonds. The van der Waals surface area contributed by atoms with Gasteiger partial charge in [0.15, 0.2) is 0 Å². The summed E-state index contributed by atoms with van der Waals surface area (Å²) < 4.78 is 29.6. The van der Waals surface area contributed by atoms with Crippen LogP contribution in [0.4, 0.5) is 5.82 Å². The number of fused-ring (bicyclic) bond motifs is 1. The smallest absolute Gasteiger partial charge is 0.323 e. The fraction of sp³-hybridized carbons (Fsp3) is 0.400. The number of rotatable bonds is 10. The summed E-state index contributed by atoms with van der Waals surface area (Å²) in [6, 6.07) is 5.87. The average molecular weight is 542 g/mol. The number of aromatic nitrogens is 4. The molecule has 0 fully saturated rings. The van der Waals surface area contributed by atoms with Gasteiger partial charge in [-0.25, -0.2) is 18.4 Å². The first-order chi connectivity index (χ1) is 18.0. The van der Waals surface area contributed by atoms with Crippen LogP contribution < -0.4 is 15.4 Å². The molecule has 0 saturated heterocycles. The van der Waals surface area contributed by atoms with Crippen LogP contribution in [-0.4, -0.2) is 64.3 Å². The Morgan fingerprint density at radius 2 is 1.92 bits per heavy atom. The number of pyridine rings is 1. The van der Waals surface area contributed by atoms with Crippen LogP contribution in [0.1, 0.15) is 45.0 Å². The zero-order valence-corrected chi connectivity index (χ0v) is 22.3. The minimum absolute atomic E-state index is 0.0188. The number of carbonyl (C=O) groups excluding carboxylic acids is 1. The number of aliphatic carboxylic acids is 1. The molecule has 12 nitrogen and oxygen atoms in total. The Morgan fingerprint density at radius 3 is 2.63 bits per heavy atom. The highest BCUT2D eigenvalue weighted by molar-refractivity contribution is 7.89. The number of hydrogen-bond donors (Lipinski definition) is 4. The van der Waals surface area contributed by atoms with Gasteiger partial charge in [0.05, 0.1) is 4.90 Å². The molecular formula is C25H31N7O5S. The Balaban J connectivity index is 1.35. The van der Waals surface area contributed by atoms with Gasteiger partial charge in [-0.1, -0.05) is 23.8 Å². The van der Waals surface area contributed by atoms with Gasteiger partial charge in [0, 0.05) is 31.7 Å². The molecule has 4 rings (SSSR count). The van der Waals surface area contributed by atoms with E-state index in [-0.39, 0.29) is 10.7 Å². The summed E-state index contributed by atoms with van der Waals surface area (Å²) in [5, 5.41) is 19.4. The molecule has 1 unspecified atom stereocenters. The van der Waals surface area contributed by atoms with Crippen LogP contribution in [0.3, 0.4) is 0 Å². The number of hydrogen-bond acceptors (Lipinski definition) is 8. The van der Waals surface area contributed by atoms with Gasteiger partial charge in [0.2, 0.25) is 15.8 Å². The van der Waals surface area contributed by atoms with Gasteiger partial charge in [-0.05, 0) is 56.4 Å². The highest BCUT2D eigenvalue weighted by Crippen LogP contribution is 2.22. The molecule has 3 heterocycles. The number of benzene rings is 1. The molecule has 0 bridgehead atoms. The molecule has 0 aliphatic carbocycles. The first-order valence-corrected chi connectivity index (χ1v) is 13.7. The van der Waals surface area contributed by atoms with E-state index in [1.807, 2.05) is 13.0 Å². The Labute approximate surface area is 220 Å². The van der Waals surface area contributed by atoms with Crippen LogP contribution in [0, 0.1) is 20.8 Å². The number of aryl methyl sites for hydroxylation is 6. The third-order valence-electron chi connectivity index (χ3n) is 6.22. The summed E-state index contributed by atoms with van der Waals surface area (Å²) in [6.45, 7) is 5.99. The minimum atomic E-state index is -4.16. The highest BCUT2D eigenvalue weighted by Gasteiger charge is 2.28. The van der Waals surface area contributed by atoms with E-state index in [2.05, 4.69) is 36.5 Å². The minimum Gasteiger partial charge on any atom is -0.480 e. The zero-order chi connectivity index (χ0) is 27.4. The maximum atomic E-state index is 13.0. The molecule has 2 aromatic heterocycles. The molecule has 1 aromatic carbocycles. The quantitative estimate of drug-likeness (QED) is 0.296. The average Bonchev–Trinajstić information content (AvgIpc) is 3.33. The fourth-order valence-electron chi connectivity index (χ4n) is 4.53. The number of carboxylic acid groups (broad SMARTS) is 1. The van der Waals surface area contributed by atoms with Crippen molar-refractivity contribution in [3.63, 3.8) is 0 Å². The molecule has 4 N–H and O–H groups in total. The Hall–Kier alpha value is -3.84. The van der Waals surface area contributed by atoms with E-state index in [1.54, 1.807) is 26.0 Å². The molecule has 1 aliphatic rings. The molecule has 38 heavy (non-hydrogen) atoms. The predicted molar refractivity (Wildman–Crippen MR) is 140 cm³/mol. The van der Waals surface area contributed by atoms with E-state index in [9.17, 15) is 23.1 Å². The van der Waals surface area contributed by atoms with Crippen molar-refractivity contribution in [2.24, 2.45) is 0 Å². The van der Waals surface area contributed by atoms with Gasteiger partial charge in [0.1, 0.15) is 18.2 Å². The molecule has 13 heteroatoms. The molecule has 3 aromatic rings. The second kappa shape index (κ2) is 11.3. The summed E-state index contributed by atoms with van der Waals surface area (Å²) in [4.78, 5) is 33.0. The third-order valence-corrected chi connectivity index (χ3v) is 8.00. The number of carboxylic acids is 1. The van der Waals surface area contributed by atoms with Gasteiger partial charge in [-0.15, -0.1) is 5.10 Å². The van der Waals surface area contributed by atoms with Gasteiger partial charge in [-0.2, -0.15) is 4.72 Å². The lowest BCUT2D eigenvalue weighted by atomic mass is 10.1. The van der Waals surface area contributed by atoms with E-state index in [1.165, 1.54) is 16.6 Å². The number of nitrogens with one attached hydrogen (secondary N) is 3. The van der Waals surface area contributed by atoms with E-state index in [0.29, 0.717) is 24.1 Å². The lowest BCUT2D eigenvalue weighted by molar-refractivity contribution is -0.138.